The minimum absolute atomic E-state index is 0. The van der Waals surface area contributed by atoms with Crippen LogP contribution in [0.1, 0.15) is 95.1 Å². The maximum Gasteiger partial charge on any atom is 0.148 e. The summed E-state index contributed by atoms with van der Waals surface area (Å²) in [5.74, 6) is 0. The number of furan rings is 1. The molecule has 0 atom stereocenters. The van der Waals surface area contributed by atoms with Crippen molar-refractivity contribution in [3.05, 3.63) is 136 Å². The average Bonchev–Trinajstić information content (AvgIpc) is 3.74. The van der Waals surface area contributed by atoms with Crippen molar-refractivity contribution in [1.29, 1.82) is 0 Å². The maximum absolute atomic E-state index is 6.64. The summed E-state index contributed by atoms with van der Waals surface area (Å²) in [6.07, 6.45) is 5.08. The molecule has 8 aromatic rings. The van der Waals surface area contributed by atoms with E-state index in [1.807, 2.05) is 24.5 Å². The molecule has 295 valence electrons. The quantitative estimate of drug-likeness (QED) is 0.165. The molecule has 4 aromatic carbocycles. The van der Waals surface area contributed by atoms with Crippen LogP contribution in [0.15, 0.2) is 95.7 Å². The molecule has 0 aliphatic heterocycles. The maximum atomic E-state index is 6.64. The Bertz CT molecular complexity index is 2660. The fourth-order valence-corrected chi connectivity index (χ4v) is 8.32. The van der Waals surface area contributed by atoms with Crippen LogP contribution in [-0.2, 0) is 37.4 Å². The predicted molar refractivity (Wildman–Crippen MR) is 238 cm³/mol. The molecule has 4 nitrogen and oxygen atoms in total. The second-order valence-corrected chi connectivity index (χ2v) is 19.5. The molecule has 0 aliphatic rings. The minimum Gasteiger partial charge on any atom is -0.498 e. The molecule has 0 saturated carbocycles. The SMILES string of the molecule is Cc1c[c-]c(-c2ccc(CC(C)(C)C)cn2)cc1.Cc1cccc(C)c1-c1cc(-c2[c-]ccc3c2oc2c3ccc3sc(C(C)(C)C)nc32)ncc1C(C)(C)C.[Ir]. The van der Waals surface area contributed by atoms with E-state index in [1.54, 1.807) is 11.3 Å². The number of hydrogen-bond acceptors (Lipinski definition) is 5. The van der Waals surface area contributed by atoms with Gasteiger partial charge in [-0.3, -0.25) is 0 Å². The van der Waals surface area contributed by atoms with Crippen LogP contribution < -0.4 is 0 Å². The molecule has 4 aromatic heterocycles. The number of aromatic nitrogens is 3. The Morgan fingerprint density at radius 1 is 0.702 bits per heavy atom. The molecule has 8 rings (SSSR count). The van der Waals surface area contributed by atoms with Crippen molar-refractivity contribution >= 4 is 43.5 Å². The Morgan fingerprint density at radius 2 is 1.40 bits per heavy atom. The van der Waals surface area contributed by atoms with Gasteiger partial charge in [-0.25, -0.2) is 4.98 Å². The first-order valence-electron chi connectivity index (χ1n) is 19.6. The van der Waals surface area contributed by atoms with Crippen molar-refractivity contribution in [2.75, 3.05) is 0 Å². The number of thiazole rings is 1. The molecule has 6 heteroatoms. The van der Waals surface area contributed by atoms with Gasteiger partial charge in [-0.05, 0) is 81.9 Å². The summed E-state index contributed by atoms with van der Waals surface area (Å²) >= 11 is 1.74. The molecular formula is C51H53IrN3OS-2. The molecule has 0 saturated heterocycles. The van der Waals surface area contributed by atoms with Gasteiger partial charge in [-0.1, -0.05) is 123 Å². The third-order valence-corrected chi connectivity index (χ3v) is 11.6. The van der Waals surface area contributed by atoms with E-state index >= 15 is 0 Å². The summed E-state index contributed by atoms with van der Waals surface area (Å²) in [6.45, 7) is 26.5. The third-order valence-electron chi connectivity index (χ3n) is 10.1. The molecule has 1 radical (unpaired) electrons. The van der Waals surface area contributed by atoms with E-state index in [2.05, 4.69) is 167 Å². The van der Waals surface area contributed by atoms with E-state index in [4.69, 9.17) is 14.4 Å². The van der Waals surface area contributed by atoms with Gasteiger partial charge in [0.15, 0.2) is 0 Å². The minimum atomic E-state index is -0.0499. The van der Waals surface area contributed by atoms with Gasteiger partial charge in [0, 0.05) is 43.3 Å². The summed E-state index contributed by atoms with van der Waals surface area (Å²) in [6, 6.07) is 34.3. The average molecular weight is 948 g/mol. The van der Waals surface area contributed by atoms with Gasteiger partial charge in [0.25, 0.3) is 0 Å². The van der Waals surface area contributed by atoms with Crippen molar-refractivity contribution in [3.63, 3.8) is 0 Å². The third kappa shape index (κ3) is 8.99. The summed E-state index contributed by atoms with van der Waals surface area (Å²) in [5, 5.41) is 3.26. The van der Waals surface area contributed by atoms with E-state index in [0.29, 0.717) is 5.41 Å². The van der Waals surface area contributed by atoms with Gasteiger partial charge in [0.05, 0.1) is 15.3 Å². The monoisotopic (exact) mass is 948 g/mol. The first kappa shape index (κ1) is 42.1. The van der Waals surface area contributed by atoms with Crippen LogP contribution in [0.25, 0.3) is 65.8 Å². The normalized spacial score (nSPS) is 12.1. The zero-order valence-corrected chi connectivity index (χ0v) is 38.6. The molecule has 57 heavy (non-hydrogen) atoms. The first-order valence-corrected chi connectivity index (χ1v) is 20.4. The van der Waals surface area contributed by atoms with Crippen molar-refractivity contribution in [1.82, 2.24) is 15.0 Å². The molecule has 0 amide bonds. The number of hydrogen-bond donors (Lipinski definition) is 0. The van der Waals surface area contributed by atoms with Crippen molar-refractivity contribution < 1.29 is 24.5 Å². The second kappa shape index (κ2) is 16.0. The predicted octanol–water partition coefficient (Wildman–Crippen LogP) is 14.4. The van der Waals surface area contributed by atoms with E-state index < -0.39 is 0 Å². The molecule has 0 spiro atoms. The topological polar surface area (TPSA) is 51.8 Å². The molecule has 0 fully saturated rings. The van der Waals surface area contributed by atoms with E-state index in [1.165, 1.54) is 38.9 Å². The smallest absolute Gasteiger partial charge is 0.148 e. The zero-order chi connectivity index (χ0) is 40.2. The fourth-order valence-electron chi connectivity index (χ4n) is 7.30. The van der Waals surface area contributed by atoms with E-state index in [9.17, 15) is 0 Å². The summed E-state index contributed by atoms with van der Waals surface area (Å²) < 4.78 is 7.79. The molecular weight excluding hydrogens is 895 g/mol. The van der Waals surface area contributed by atoms with Gasteiger partial charge < -0.3 is 14.4 Å². The summed E-state index contributed by atoms with van der Waals surface area (Å²) in [7, 11) is 0. The van der Waals surface area contributed by atoms with Gasteiger partial charge in [0.1, 0.15) is 11.1 Å². The molecule has 4 heterocycles. The van der Waals surface area contributed by atoms with Crippen LogP contribution in [0, 0.1) is 38.3 Å². The zero-order valence-electron chi connectivity index (χ0n) is 35.4. The van der Waals surface area contributed by atoms with Crippen LogP contribution >= 0.6 is 11.3 Å². The number of nitrogens with zero attached hydrogens (tertiary/aromatic N) is 3. The Kier molecular flexibility index (Phi) is 11.9. The second-order valence-electron chi connectivity index (χ2n) is 18.5. The summed E-state index contributed by atoms with van der Waals surface area (Å²) in [4.78, 5) is 14.5. The van der Waals surface area contributed by atoms with Crippen molar-refractivity contribution in [2.45, 2.75) is 100 Å². The standard InChI is InChI=1S/C34H33N2OS.C17H20N.Ir/c1-19-11-9-12-20(2)28(19)24-17-26(35-18-25(24)33(3,4)5)23-14-10-13-21-22-15-16-27-29(31(22)37-30(21)23)36-32(38-27)34(6,7)8;1-13-5-8-15(9-6-13)16-10-7-14(12-18-16)11-17(2,3)4;/h9-13,15-18H,1-8H3;5-8,10,12H,11H2,1-4H3;/q2*-1;. The van der Waals surface area contributed by atoms with Gasteiger partial charge in [-0.2, -0.15) is 0 Å². The molecule has 0 aliphatic carbocycles. The first-order chi connectivity index (χ1) is 26.4. The number of rotatable bonds is 4. The summed E-state index contributed by atoms with van der Waals surface area (Å²) in [5.41, 5.74) is 15.4. The van der Waals surface area contributed by atoms with Gasteiger partial charge in [-0.15, -0.1) is 64.9 Å². The van der Waals surface area contributed by atoms with E-state index in [-0.39, 0.29) is 30.9 Å². The molecule has 0 N–H and O–H groups in total. The fraction of sp³-hybridized carbons (Fsp3) is 0.314. The van der Waals surface area contributed by atoms with Crippen molar-refractivity contribution in [2.24, 2.45) is 5.41 Å². The van der Waals surface area contributed by atoms with Crippen LogP contribution in [0.2, 0.25) is 0 Å². The van der Waals surface area contributed by atoms with Gasteiger partial charge in [0.2, 0.25) is 0 Å². The van der Waals surface area contributed by atoms with Crippen LogP contribution in [-0.4, -0.2) is 15.0 Å². The number of benzene rings is 4. The largest absolute Gasteiger partial charge is 0.498 e. The van der Waals surface area contributed by atoms with Crippen molar-refractivity contribution in [3.8, 4) is 33.6 Å². The Hall–Kier alpha value is -4.48. The number of fused-ring (bicyclic) bond motifs is 5. The van der Waals surface area contributed by atoms with Crippen LogP contribution in [0.3, 0.4) is 0 Å². The Balaban J connectivity index is 0.000000244. The molecule has 0 unspecified atom stereocenters. The number of pyridine rings is 2. The van der Waals surface area contributed by atoms with Crippen LogP contribution in [0.5, 0.6) is 0 Å². The molecule has 0 bridgehead atoms. The Labute approximate surface area is 356 Å². The van der Waals surface area contributed by atoms with Gasteiger partial charge >= 0.3 is 0 Å². The Morgan fingerprint density at radius 3 is 2.02 bits per heavy atom. The number of aryl methyl sites for hydroxylation is 3. The van der Waals surface area contributed by atoms with Crippen LogP contribution in [0.4, 0.5) is 0 Å². The van der Waals surface area contributed by atoms with E-state index in [0.717, 1.165) is 66.1 Å².